The highest BCUT2D eigenvalue weighted by Crippen LogP contribution is 2.35. The van der Waals surface area contributed by atoms with Crippen molar-refractivity contribution in [1.82, 2.24) is 0 Å². The van der Waals surface area contributed by atoms with E-state index in [9.17, 15) is 5.26 Å². The Balaban J connectivity index is 1.60. The molecular weight excluding hydrogens is 330 g/mol. The van der Waals surface area contributed by atoms with Crippen LogP contribution in [0.15, 0.2) is 66.8 Å². The van der Waals surface area contributed by atoms with Crippen molar-refractivity contribution in [3.8, 4) is 11.8 Å². The summed E-state index contributed by atoms with van der Waals surface area (Å²) >= 11 is 0. The van der Waals surface area contributed by atoms with Crippen LogP contribution in [0, 0.1) is 11.3 Å². The third-order valence-corrected chi connectivity index (χ3v) is 5.05. The van der Waals surface area contributed by atoms with E-state index in [0.717, 1.165) is 18.4 Å². The zero-order valence-corrected chi connectivity index (χ0v) is 15.5. The Bertz CT molecular complexity index is 1060. The highest BCUT2D eigenvalue weighted by molar-refractivity contribution is 5.90. The SMILES string of the molecule is C=CCOc1ccc(C2=CC(c3ccc4c(c3)C=C(C)C4)=CC2)cc1C#N. The Labute approximate surface area is 160 Å². The van der Waals surface area contributed by atoms with Gasteiger partial charge in [-0.15, -0.1) is 0 Å². The first-order chi connectivity index (χ1) is 13.2. The molecule has 0 heterocycles. The van der Waals surface area contributed by atoms with Gasteiger partial charge in [0.2, 0.25) is 0 Å². The molecule has 0 aliphatic heterocycles. The lowest BCUT2D eigenvalue weighted by Crippen LogP contribution is -1.96. The maximum atomic E-state index is 9.43. The van der Waals surface area contributed by atoms with Gasteiger partial charge in [0, 0.05) is 0 Å². The van der Waals surface area contributed by atoms with E-state index in [1.54, 1.807) is 6.08 Å². The van der Waals surface area contributed by atoms with Crippen molar-refractivity contribution in [2.45, 2.75) is 19.8 Å². The van der Waals surface area contributed by atoms with Gasteiger partial charge in [0.15, 0.2) is 0 Å². The fourth-order valence-electron chi connectivity index (χ4n) is 3.71. The van der Waals surface area contributed by atoms with Crippen LogP contribution in [0.1, 0.15) is 41.2 Å². The van der Waals surface area contributed by atoms with Crippen LogP contribution in [0.2, 0.25) is 0 Å². The average molecular weight is 351 g/mol. The normalized spacial score (nSPS) is 14.7. The van der Waals surface area contributed by atoms with Gasteiger partial charge in [-0.1, -0.05) is 54.7 Å². The highest BCUT2D eigenvalue weighted by Gasteiger charge is 2.15. The van der Waals surface area contributed by atoms with Gasteiger partial charge in [0.1, 0.15) is 18.4 Å². The molecule has 0 saturated heterocycles. The molecule has 0 bridgehead atoms. The lowest BCUT2D eigenvalue weighted by atomic mass is 10.00. The Kier molecular flexibility index (Phi) is 4.52. The molecule has 0 atom stereocenters. The lowest BCUT2D eigenvalue weighted by molar-refractivity contribution is 0.362. The maximum Gasteiger partial charge on any atom is 0.137 e. The van der Waals surface area contributed by atoms with E-state index in [-0.39, 0.29) is 0 Å². The van der Waals surface area contributed by atoms with E-state index >= 15 is 0 Å². The molecule has 0 fully saturated rings. The average Bonchev–Trinajstić information content (AvgIpc) is 3.31. The van der Waals surface area contributed by atoms with Crippen molar-refractivity contribution in [2.75, 3.05) is 6.61 Å². The maximum absolute atomic E-state index is 9.43. The molecule has 0 saturated carbocycles. The number of allylic oxidation sites excluding steroid dienone is 5. The number of benzene rings is 2. The molecule has 2 aromatic rings. The summed E-state index contributed by atoms with van der Waals surface area (Å²) in [5, 5.41) is 9.43. The molecular formula is C25H21NO. The zero-order chi connectivity index (χ0) is 18.8. The van der Waals surface area contributed by atoms with Crippen LogP contribution in [0.25, 0.3) is 17.2 Å². The molecule has 0 unspecified atom stereocenters. The van der Waals surface area contributed by atoms with E-state index < -0.39 is 0 Å². The molecule has 27 heavy (non-hydrogen) atoms. The third kappa shape index (κ3) is 3.37. The third-order valence-electron chi connectivity index (χ3n) is 5.05. The summed E-state index contributed by atoms with van der Waals surface area (Å²) in [5.74, 6) is 0.605. The highest BCUT2D eigenvalue weighted by atomic mass is 16.5. The first kappa shape index (κ1) is 17.1. The zero-order valence-electron chi connectivity index (χ0n) is 15.5. The van der Waals surface area contributed by atoms with Crippen LogP contribution >= 0.6 is 0 Å². The van der Waals surface area contributed by atoms with Crippen LogP contribution in [0.4, 0.5) is 0 Å². The fourth-order valence-corrected chi connectivity index (χ4v) is 3.71. The summed E-state index contributed by atoms with van der Waals surface area (Å²) in [6, 6.07) is 14.8. The quantitative estimate of drug-likeness (QED) is 0.623. The predicted molar refractivity (Wildman–Crippen MR) is 111 cm³/mol. The van der Waals surface area contributed by atoms with Gasteiger partial charge in [-0.25, -0.2) is 0 Å². The van der Waals surface area contributed by atoms with Gasteiger partial charge in [-0.3, -0.25) is 0 Å². The summed E-state index contributed by atoms with van der Waals surface area (Å²) in [6.45, 7) is 6.23. The van der Waals surface area contributed by atoms with Gasteiger partial charge in [-0.05, 0) is 71.4 Å². The summed E-state index contributed by atoms with van der Waals surface area (Å²) in [4.78, 5) is 0. The molecule has 2 aliphatic carbocycles. The van der Waals surface area contributed by atoms with Crippen molar-refractivity contribution < 1.29 is 4.74 Å². The van der Waals surface area contributed by atoms with Gasteiger partial charge >= 0.3 is 0 Å². The van der Waals surface area contributed by atoms with Crippen molar-refractivity contribution in [2.24, 2.45) is 0 Å². The van der Waals surface area contributed by atoms with Crippen molar-refractivity contribution >= 4 is 17.2 Å². The van der Waals surface area contributed by atoms with Gasteiger partial charge in [0.05, 0.1) is 5.56 Å². The number of hydrogen-bond acceptors (Lipinski definition) is 2. The first-order valence-electron chi connectivity index (χ1n) is 9.17. The van der Waals surface area contributed by atoms with E-state index in [4.69, 9.17) is 4.74 Å². The molecule has 132 valence electrons. The Morgan fingerprint density at radius 1 is 1.15 bits per heavy atom. The minimum atomic E-state index is 0.397. The molecule has 0 N–H and O–H groups in total. The molecule has 0 spiro atoms. The predicted octanol–water partition coefficient (Wildman–Crippen LogP) is 5.95. The second kappa shape index (κ2) is 7.13. The number of nitriles is 1. The van der Waals surface area contributed by atoms with Crippen molar-refractivity contribution in [3.05, 3.63) is 94.6 Å². The molecule has 0 amide bonds. The second-order valence-electron chi connectivity index (χ2n) is 7.04. The van der Waals surface area contributed by atoms with Crippen molar-refractivity contribution in [3.63, 3.8) is 0 Å². The molecule has 0 radical (unpaired) electrons. The number of fused-ring (bicyclic) bond motifs is 1. The number of hydrogen-bond donors (Lipinski definition) is 0. The summed E-state index contributed by atoms with van der Waals surface area (Å²) in [6.07, 6.45) is 10.4. The van der Waals surface area contributed by atoms with Crippen LogP contribution in [0.3, 0.4) is 0 Å². The molecule has 0 aromatic heterocycles. The summed E-state index contributed by atoms with van der Waals surface area (Å²) in [7, 11) is 0. The number of ether oxygens (including phenoxy) is 1. The molecule has 2 heteroatoms. The lowest BCUT2D eigenvalue weighted by Gasteiger charge is -2.08. The standard InChI is InChI=1S/C25H21NO/c1-3-10-27-25-9-8-22(15-24(25)16-26)20-7-6-19(13-20)21-5-4-18-11-17(2)12-23(18)14-21/h3-6,8-9,12-15H,1,7,10-11H2,2H3. The monoisotopic (exact) mass is 351 g/mol. The molecule has 2 aliphatic rings. The molecule has 4 rings (SSSR count). The summed E-state index contributed by atoms with van der Waals surface area (Å²) < 4.78 is 5.56. The topological polar surface area (TPSA) is 33.0 Å². The smallest absolute Gasteiger partial charge is 0.137 e. The Morgan fingerprint density at radius 2 is 2.00 bits per heavy atom. The van der Waals surface area contributed by atoms with Gasteiger partial charge in [-0.2, -0.15) is 5.26 Å². The van der Waals surface area contributed by atoms with Gasteiger partial charge in [0.25, 0.3) is 0 Å². The van der Waals surface area contributed by atoms with Crippen LogP contribution in [-0.4, -0.2) is 6.61 Å². The minimum Gasteiger partial charge on any atom is -0.488 e. The van der Waals surface area contributed by atoms with E-state index in [1.165, 1.54) is 33.4 Å². The summed E-state index contributed by atoms with van der Waals surface area (Å²) in [5.41, 5.74) is 9.52. The minimum absolute atomic E-state index is 0.397. The second-order valence-corrected chi connectivity index (χ2v) is 7.04. The van der Waals surface area contributed by atoms with E-state index in [2.05, 4.69) is 56.0 Å². The Morgan fingerprint density at radius 3 is 2.81 bits per heavy atom. The molecule has 2 nitrogen and oxygen atoms in total. The number of nitrogens with zero attached hydrogens (tertiary/aromatic N) is 1. The van der Waals surface area contributed by atoms with E-state index in [1.807, 2.05) is 18.2 Å². The largest absolute Gasteiger partial charge is 0.488 e. The van der Waals surface area contributed by atoms with Crippen LogP contribution in [0.5, 0.6) is 5.75 Å². The first-order valence-corrected chi connectivity index (χ1v) is 9.17. The Hall–Kier alpha value is -3.31. The van der Waals surface area contributed by atoms with Crippen LogP contribution < -0.4 is 4.74 Å². The van der Waals surface area contributed by atoms with E-state index in [0.29, 0.717) is 17.9 Å². The van der Waals surface area contributed by atoms with Crippen LogP contribution in [-0.2, 0) is 6.42 Å². The van der Waals surface area contributed by atoms with Crippen molar-refractivity contribution in [1.29, 1.82) is 5.26 Å². The number of rotatable bonds is 5. The molecule has 2 aromatic carbocycles. The fraction of sp³-hybridized carbons (Fsp3) is 0.160. The van der Waals surface area contributed by atoms with Gasteiger partial charge < -0.3 is 4.74 Å².